The van der Waals surface area contributed by atoms with Crippen molar-refractivity contribution in [3.63, 3.8) is 0 Å². The normalized spacial score (nSPS) is 26.1. The molecule has 0 radical (unpaired) electrons. The lowest BCUT2D eigenvalue weighted by atomic mass is 9.98. The Morgan fingerprint density at radius 3 is 2.74 bits per heavy atom. The SMILES string of the molecule is CCN1CCC(N(C)C(=O)c2n[nH]c3c2C[C@H](C)O[C@@H]3C)CC1. The van der Waals surface area contributed by atoms with Crippen LogP contribution >= 0.6 is 0 Å². The van der Waals surface area contributed by atoms with Crippen LogP contribution in [0.4, 0.5) is 0 Å². The molecule has 3 heterocycles. The van der Waals surface area contributed by atoms with Gasteiger partial charge in [-0.05, 0) is 33.2 Å². The van der Waals surface area contributed by atoms with E-state index in [1.54, 1.807) is 0 Å². The monoisotopic (exact) mass is 320 g/mol. The Labute approximate surface area is 138 Å². The summed E-state index contributed by atoms with van der Waals surface area (Å²) >= 11 is 0. The summed E-state index contributed by atoms with van der Waals surface area (Å²) < 4.78 is 5.80. The Bertz CT molecular complexity index is 563. The first-order chi connectivity index (χ1) is 11.0. The van der Waals surface area contributed by atoms with E-state index in [2.05, 4.69) is 22.0 Å². The first-order valence-corrected chi connectivity index (χ1v) is 8.73. The number of aromatic amines is 1. The molecule has 0 spiro atoms. The minimum atomic E-state index is -0.0269. The Balaban J connectivity index is 1.74. The van der Waals surface area contributed by atoms with Crippen LogP contribution in [0.25, 0.3) is 0 Å². The molecule has 1 aromatic heterocycles. The van der Waals surface area contributed by atoms with Gasteiger partial charge < -0.3 is 14.5 Å². The van der Waals surface area contributed by atoms with E-state index in [0.29, 0.717) is 11.7 Å². The van der Waals surface area contributed by atoms with Crippen LogP contribution in [0.1, 0.15) is 61.5 Å². The molecule has 3 rings (SSSR count). The molecule has 23 heavy (non-hydrogen) atoms. The minimum absolute atomic E-state index is 0.0269. The van der Waals surface area contributed by atoms with E-state index < -0.39 is 0 Å². The van der Waals surface area contributed by atoms with Gasteiger partial charge in [0.05, 0.1) is 17.9 Å². The highest BCUT2D eigenvalue weighted by Crippen LogP contribution is 2.31. The fourth-order valence-corrected chi connectivity index (χ4v) is 3.81. The standard InChI is InChI=1S/C17H28N4O2/c1-5-21-8-6-13(7-9-21)20(4)17(22)16-14-10-11(2)23-12(3)15(14)18-19-16/h11-13H,5-10H2,1-4H3,(H,18,19)/t11-,12+/m0/s1. The number of H-pyrrole nitrogens is 1. The molecule has 0 bridgehead atoms. The average Bonchev–Trinajstić information content (AvgIpc) is 2.97. The Hall–Kier alpha value is -1.40. The van der Waals surface area contributed by atoms with E-state index in [-0.39, 0.29) is 18.1 Å². The zero-order chi connectivity index (χ0) is 16.6. The summed E-state index contributed by atoms with van der Waals surface area (Å²) in [6.45, 7) is 9.47. The molecule has 1 N–H and O–H groups in total. The number of nitrogens with one attached hydrogen (secondary N) is 1. The molecule has 2 aliphatic rings. The molecule has 1 fully saturated rings. The second kappa shape index (κ2) is 6.61. The fourth-order valence-electron chi connectivity index (χ4n) is 3.81. The van der Waals surface area contributed by atoms with Gasteiger partial charge in [-0.25, -0.2) is 0 Å². The Morgan fingerprint density at radius 2 is 2.09 bits per heavy atom. The van der Waals surface area contributed by atoms with Crippen molar-refractivity contribution in [3.8, 4) is 0 Å². The number of rotatable bonds is 3. The van der Waals surface area contributed by atoms with Gasteiger partial charge in [0, 0.05) is 38.2 Å². The zero-order valence-electron chi connectivity index (χ0n) is 14.6. The summed E-state index contributed by atoms with van der Waals surface area (Å²) in [4.78, 5) is 17.3. The molecule has 6 nitrogen and oxygen atoms in total. The highest BCUT2D eigenvalue weighted by atomic mass is 16.5. The summed E-state index contributed by atoms with van der Waals surface area (Å²) in [6.07, 6.45) is 2.93. The van der Waals surface area contributed by atoms with Gasteiger partial charge in [0.1, 0.15) is 0 Å². The van der Waals surface area contributed by atoms with Gasteiger partial charge in [-0.1, -0.05) is 6.92 Å². The number of fused-ring (bicyclic) bond motifs is 1. The highest BCUT2D eigenvalue weighted by Gasteiger charge is 2.33. The van der Waals surface area contributed by atoms with Crippen LogP contribution in [-0.2, 0) is 11.2 Å². The van der Waals surface area contributed by atoms with Gasteiger partial charge in [-0.3, -0.25) is 9.89 Å². The van der Waals surface area contributed by atoms with Crippen LogP contribution in [-0.4, -0.2) is 64.7 Å². The molecule has 2 atom stereocenters. The predicted octanol–water partition coefficient (Wildman–Crippen LogP) is 1.99. The van der Waals surface area contributed by atoms with Crippen molar-refractivity contribution < 1.29 is 9.53 Å². The third-order valence-electron chi connectivity index (χ3n) is 5.31. The highest BCUT2D eigenvalue weighted by molar-refractivity contribution is 5.94. The van der Waals surface area contributed by atoms with Crippen LogP contribution < -0.4 is 0 Å². The van der Waals surface area contributed by atoms with Gasteiger partial charge >= 0.3 is 0 Å². The maximum atomic E-state index is 12.9. The van der Waals surface area contributed by atoms with E-state index in [0.717, 1.165) is 50.2 Å². The van der Waals surface area contributed by atoms with E-state index in [1.165, 1.54) is 0 Å². The van der Waals surface area contributed by atoms with E-state index in [1.807, 2.05) is 25.8 Å². The lowest BCUT2D eigenvalue weighted by Crippen LogP contribution is -2.45. The predicted molar refractivity (Wildman–Crippen MR) is 88.5 cm³/mol. The first kappa shape index (κ1) is 16.5. The number of hydrogen-bond acceptors (Lipinski definition) is 4. The number of aromatic nitrogens is 2. The number of likely N-dealkylation sites (tertiary alicyclic amines) is 1. The number of carbonyl (C=O) groups is 1. The van der Waals surface area contributed by atoms with Crippen LogP contribution in [0.2, 0.25) is 0 Å². The van der Waals surface area contributed by atoms with Crippen molar-refractivity contribution in [3.05, 3.63) is 17.0 Å². The Kier molecular flexibility index (Phi) is 4.73. The summed E-state index contributed by atoms with van der Waals surface area (Å²) in [7, 11) is 1.92. The van der Waals surface area contributed by atoms with Crippen molar-refractivity contribution in [2.24, 2.45) is 0 Å². The van der Waals surface area contributed by atoms with Crippen molar-refractivity contribution in [1.82, 2.24) is 20.0 Å². The summed E-state index contributed by atoms with van der Waals surface area (Å²) in [5.74, 6) is 0.0405. The van der Waals surface area contributed by atoms with Crippen molar-refractivity contribution in [1.29, 1.82) is 0 Å². The fraction of sp³-hybridized carbons (Fsp3) is 0.765. The third kappa shape index (κ3) is 3.15. The van der Waals surface area contributed by atoms with Crippen LogP contribution in [0, 0.1) is 0 Å². The van der Waals surface area contributed by atoms with Gasteiger partial charge in [-0.15, -0.1) is 0 Å². The molecule has 1 saturated heterocycles. The number of ether oxygens (including phenoxy) is 1. The van der Waals surface area contributed by atoms with Crippen LogP contribution in [0.3, 0.4) is 0 Å². The van der Waals surface area contributed by atoms with Gasteiger partial charge in [-0.2, -0.15) is 5.10 Å². The van der Waals surface area contributed by atoms with Gasteiger partial charge in [0.25, 0.3) is 5.91 Å². The smallest absolute Gasteiger partial charge is 0.274 e. The van der Waals surface area contributed by atoms with E-state index in [9.17, 15) is 4.79 Å². The number of nitrogens with zero attached hydrogens (tertiary/aromatic N) is 3. The first-order valence-electron chi connectivity index (χ1n) is 8.73. The van der Waals surface area contributed by atoms with Gasteiger partial charge in [0.15, 0.2) is 5.69 Å². The molecule has 0 unspecified atom stereocenters. The lowest BCUT2D eigenvalue weighted by Gasteiger charge is -2.36. The molecular weight excluding hydrogens is 292 g/mol. The Morgan fingerprint density at radius 1 is 1.39 bits per heavy atom. The van der Waals surface area contributed by atoms with Crippen molar-refractivity contribution in [2.45, 2.75) is 58.3 Å². The topological polar surface area (TPSA) is 61.5 Å². The molecular formula is C17H28N4O2. The lowest BCUT2D eigenvalue weighted by molar-refractivity contribution is -0.00703. The second-order valence-electron chi connectivity index (χ2n) is 6.84. The van der Waals surface area contributed by atoms with E-state index in [4.69, 9.17) is 4.74 Å². The molecule has 6 heteroatoms. The molecule has 128 valence electrons. The van der Waals surface area contributed by atoms with Crippen LogP contribution in [0.15, 0.2) is 0 Å². The van der Waals surface area contributed by atoms with Crippen molar-refractivity contribution >= 4 is 5.91 Å². The molecule has 0 aromatic carbocycles. The summed E-state index contributed by atoms with van der Waals surface area (Å²) in [5.41, 5.74) is 2.59. The molecule has 1 aromatic rings. The van der Waals surface area contributed by atoms with Gasteiger partial charge in [0.2, 0.25) is 0 Å². The second-order valence-corrected chi connectivity index (χ2v) is 6.84. The molecule has 1 amide bonds. The minimum Gasteiger partial charge on any atom is -0.369 e. The maximum absolute atomic E-state index is 12.9. The summed E-state index contributed by atoms with van der Waals surface area (Å²) in [5, 5.41) is 7.34. The summed E-state index contributed by atoms with van der Waals surface area (Å²) in [6, 6.07) is 0.312. The zero-order valence-corrected chi connectivity index (χ0v) is 14.6. The third-order valence-corrected chi connectivity index (χ3v) is 5.31. The quantitative estimate of drug-likeness (QED) is 0.925. The van der Waals surface area contributed by atoms with Crippen LogP contribution in [0.5, 0.6) is 0 Å². The number of carbonyl (C=O) groups excluding carboxylic acids is 1. The molecule has 2 aliphatic heterocycles. The molecule has 0 aliphatic carbocycles. The van der Waals surface area contributed by atoms with E-state index >= 15 is 0 Å². The largest absolute Gasteiger partial charge is 0.369 e. The number of hydrogen-bond donors (Lipinski definition) is 1. The number of piperidine rings is 1. The number of amides is 1. The van der Waals surface area contributed by atoms with Crippen molar-refractivity contribution in [2.75, 3.05) is 26.7 Å². The molecule has 0 saturated carbocycles. The maximum Gasteiger partial charge on any atom is 0.274 e. The average molecular weight is 320 g/mol.